The van der Waals surface area contributed by atoms with Crippen molar-refractivity contribution in [2.45, 2.75) is 24.3 Å². The molecule has 8 heteroatoms. The van der Waals surface area contributed by atoms with Gasteiger partial charge in [-0.25, -0.2) is 17.1 Å². The second kappa shape index (κ2) is 8.04. The highest BCUT2D eigenvalue weighted by molar-refractivity contribution is 7.88. The maximum atomic E-state index is 14.7. The van der Waals surface area contributed by atoms with Gasteiger partial charge >= 0.3 is 0 Å². The minimum atomic E-state index is -3.52. The molecule has 0 saturated carbocycles. The Hall–Kier alpha value is -1.51. The molecule has 1 saturated heterocycles. The monoisotopic (exact) mass is 358 g/mol. The first kappa shape index (κ1) is 18.8. The van der Waals surface area contributed by atoms with E-state index in [9.17, 15) is 17.6 Å². The molecule has 1 fully saturated rings. The lowest BCUT2D eigenvalue weighted by molar-refractivity contribution is -0.135. The molecule has 1 heterocycles. The van der Waals surface area contributed by atoms with Crippen molar-refractivity contribution < 1.29 is 22.3 Å². The molecular weight excluding hydrogens is 335 g/mol. The molecule has 1 N–H and O–H groups in total. The number of hydrogen-bond acceptors (Lipinski definition) is 4. The van der Waals surface area contributed by atoms with Crippen LogP contribution in [0.5, 0.6) is 0 Å². The van der Waals surface area contributed by atoms with Crippen molar-refractivity contribution in [3.05, 3.63) is 35.9 Å². The third-order valence-electron chi connectivity index (χ3n) is 4.10. The van der Waals surface area contributed by atoms with Crippen LogP contribution >= 0.6 is 0 Å². The van der Waals surface area contributed by atoms with Gasteiger partial charge in [0.1, 0.15) is 0 Å². The molecule has 24 heavy (non-hydrogen) atoms. The Morgan fingerprint density at radius 2 is 1.92 bits per heavy atom. The summed E-state index contributed by atoms with van der Waals surface area (Å²) < 4.78 is 45.6. The van der Waals surface area contributed by atoms with E-state index in [2.05, 4.69) is 5.32 Å². The van der Waals surface area contributed by atoms with Crippen LogP contribution in [0.4, 0.5) is 4.39 Å². The number of ether oxygens (including phenoxy) is 1. The number of hydrogen-bond donors (Lipinski definition) is 1. The number of carbonyl (C=O) groups excluding carboxylic acids is 1. The van der Waals surface area contributed by atoms with Gasteiger partial charge < -0.3 is 10.1 Å². The molecule has 1 aromatic rings. The summed E-state index contributed by atoms with van der Waals surface area (Å²) in [6, 6.07) is 8.85. The molecule has 0 aliphatic carbocycles. The van der Waals surface area contributed by atoms with Crippen LogP contribution < -0.4 is 5.32 Å². The molecule has 0 spiro atoms. The van der Waals surface area contributed by atoms with Gasteiger partial charge in [0.25, 0.3) is 5.91 Å². The van der Waals surface area contributed by atoms with E-state index < -0.39 is 21.6 Å². The number of nitrogens with zero attached hydrogens (tertiary/aromatic N) is 1. The van der Waals surface area contributed by atoms with Crippen LogP contribution in [0.25, 0.3) is 0 Å². The quantitative estimate of drug-likeness (QED) is 0.740. The van der Waals surface area contributed by atoms with E-state index in [-0.39, 0.29) is 38.2 Å². The van der Waals surface area contributed by atoms with E-state index in [1.54, 1.807) is 24.3 Å². The second-order valence-corrected chi connectivity index (χ2v) is 7.82. The van der Waals surface area contributed by atoms with Crippen LogP contribution in [0.15, 0.2) is 30.3 Å². The van der Waals surface area contributed by atoms with E-state index in [0.29, 0.717) is 12.2 Å². The molecule has 1 aliphatic rings. The third-order valence-corrected chi connectivity index (χ3v) is 5.95. The van der Waals surface area contributed by atoms with Gasteiger partial charge in [0.2, 0.25) is 10.0 Å². The van der Waals surface area contributed by atoms with Crippen LogP contribution in [0.1, 0.15) is 18.4 Å². The average molecular weight is 358 g/mol. The second-order valence-electron chi connectivity index (χ2n) is 5.85. The lowest BCUT2D eigenvalue weighted by Crippen LogP contribution is -2.52. The normalized spacial score (nSPS) is 18.2. The predicted octanol–water partition coefficient (Wildman–Crippen LogP) is 1.08. The Morgan fingerprint density at radius 1 is 1.29 bits per heavy atom. The predicted molar refractivity (Wildman–Crippen MR) is 88.6 cm³/mol. The molecule has 0 bridgehead atoms. The highest BCUT2D eigenvalue weighted by atomic mass is 32.2. The SMILES string of the molecule is COCCNC(=O)C1(F)CCN(S(=O)(=O)Cc2ccccc2)CC1. The van der Waals surface area contributed by atoms with E-state index in [1.165, 1.54) is 11.4 Å². The molecular formula is C16H23FN2O4S. The fourth-order valence-corrected chi connectivity index (χ4v) is 4.18. The minimum absolute atomic E-state index is 0.00334. The number of alkyl halides is 1. The van der Waals surface area contributed by atoms with Crippen molar-refractivity contribution in [3.8, 4) is 0 Å². The molecule has 1 aliphatic heterocycles. The van der Waals surface area contributed by atoms with Crippen LogP contribution in [0.3, 0.4) is 0 Å². The van der Waals surface area contributed by atoms with Crippen molar-refractivity contribution in [2.24, 2.45) is 0 Å². The number of sulfonamides is 1. The number of carbonyl (C=O) groups is 1. The van der Waals surface area contributed by atoms with Gasteiger partial charge in [-0.15, -0.1) is 0 Å². The van der Waals surface area contributed by atoms with E-state index in [1.807, 2.05) is 6.07 Å². The number of nitrogens with one attached hydrogen (secondary N) is 1. The molecule has 2 rings (SSSR count). The first-order valence-corrected chi connectivity index (χ1v) is 9.46. The van der Waals surface area contributed by atoms with Crippen LogP contribution in [-0.2, 0) is 25.3 Å². The zero-order chi connectivity index (χ0) is 17.6. The maximum absolute atomic E-state index is 14.7. The molecule has 6 nitrogen and oxygen atoms in total. The van der Waals surface area contributed by atoms with Crippen molar-refractivity contribution in [2.75, 3.05) is 33.4 Å². The van der Waals surface area contributed by atoms with Gasteiger partial charge in [0, 0.05) is 39.6 Å². The number of amides is 1. The van der Waals surface area contributed by atoms with Crippen LogP contribution in [-0.4, -0.2) is 57.6 Å². The largest absolute Gasteiger partial charge is 0.383 e. The number of methoxy groups -OCH3 is 1. The average Bonchev–Trinajstić information content (AvgIpc) is 2.56. The fourth-order valence-electron chi connectivity index (χ4n) is 2.65. The summed E-state index contributed by atoms with van der Waals surface area (Å²) in [5.41, 5.74) is -1.33. The van der Waals surface area contributed by atoms with E-state index >= 15 is 0 Å². The first-order valence-electron chi connectivity index (χ1n) is 7.85. The highest BCUT2D eigenvalue weighted by Crippen LogP contribution is 2.29. The molecule has 1 amide bonds. The Bertz CT molecular complexity index is 643. The van der Waals surface area contributed by atoms with E-state index in [4.69, 9.17) is 4.74 Å². The summed E-state index contributed by atoms with van der Waals surface area (Å²) in [5, 5.41) is 2.48. The van der Waals surface area contributed by atoms with Crippen molar-refractivity contribution in [3.63, 3.8) is 0 Å². The number of piperidine rings is 1. The molecule has 134 valence electrons. The van der Waals surface area contributed by atoms with Crippen LogP contribution in [0, 0.1) is 0 Å². The zero-order valence-corrected chi connectivity index (χ0v) is 14.5. The smallest absolute Gasteiger partial charge is 0.257 e. The highest BCUT2D eigenvalue weighted by Gasteiger charge is 2.43. The van der Waals surface area contributed by atoms with Crippen molar-refractivity contribution in [1.29, 1.82) is 0 Å². The van der Waals surface area contributed by atoms with Gasteiger partial charge in [0.05, 0.1) is 12.4 Å². The van der Waals surface area contributed by atoms with Gasteiger partial charge in [0.15, 0.2) is 5.67 Å². The van der Waals surface area contributed by atoms with Gasteiger partial charge in [-0.2, -0.15) is 0 Å². The van der Waals surface area contributed by atoms with E-state index in [0.717, 1.165) is 0 Å². The lowest BCUT2D eigenvalue weighted by Gasteiger charge is -2.34. The number of benzene rings is 1. The van der Waals surface area contributed by atoms with Gasteiger partial charge in [-0.1, -0.05) is 30.3 Å². The zero-order valence-electron chi connectivity index (χ0n) is 13.7. The Labute approximate surface area is 142 Å². The summed E-state index contributed by atoms with van der Waals surface area (Å²) in [5.74, 6) is -0.813. The summed E-state index contributed by atoms with van der Waals surface area (Å²) in [7, 11) is -2.02. The molecule has 0 unspecified atom stereocenters. The number of halogens is 1. The standard InChI is InChI=1S/C16H23FN2O4S/c1-23-12-9-18-15(20)16(17)7-10-19(11-8-16)24(21,22)13-14-5-3-2-4-6-14/h2-6H,7-13H2,1H3,(H,18,20). The summed E-state index contributed by atoms with van der Waals surface area (Å²) in [4.78, 5) is 11.9. The first-order chi connectivity index (χ1) is 11.4. The molecule has 0 aromatic heterocycles. The maximum Gasteiger partial charge on any atom is 0.257 e. The van der Waals surface area contributed by atoms with Crippen molar-refractivity contribution in [1.82, 2.24) is 9.62 Å². The Morgan fingerprint density at radius 3 is 2.50 bits per heavy atom. The summed E-state index contributed by atoms with van der Waals surface area (Å²) in [6.07, 6.45) is -0.278. The minimum Gasteiger partial charge on any atom is -0.383 e. The van der Waals surface area contributed by atoms with Crippen LogP contribution in [0.2, 0.25) is 0 Å². The molecule has 0 atom stereocenters. The molecule has 1 aromatic carbocycles. The fraction of sp³-hybridized carbons (Fsp3) is 0.562. The summed E-state index contributed by atoms with van der Waals surface area (Å²) >= 11 is 0. The lowest BCUT2D eigenvalue weighted by atomic mass is 9.93. The summed E-state index contributed by atoms with van der Waals surface area (Å²) in [6.45, 7) is 0.545. The Kier molecular flexibility index (Phi) is 6.31. The topological polar surface area (TPSA) is 75.7 Å². The third kappa shape index (κ3) is 4.75. The number of rotatable bonds is 7. The van der Waals surface area contributed by atoms with Gasteiger partial charge in [-0.3, -0.25) is 4.79 Å². The van der Waals surface area contributed by atoms with Gasteiger partial charge in [-0.05, 0) is 5.56 Å². The molecule has 0 radical (unpaired) electrons. The van der Waals surface area contributed by atoms with Crippen molar-refractivity contribution >= 4 is 15.9 Å². The Balaban J connectivity index is 1.92.